The molecule has 6 nitrogen and oxygen atoms in total. The van der Waals surface area contributed by atoms with E-state index in [1.165, 1.54) is 0 Å². The smallest absolute Gasteiger partial charge is 0.257 e. The van der Waals surface area contributed by atoms with Crippen LogP contribution in [0.1, 0.15) is 22.4 Å². The summed E-state index contributed by atoms with van der Waals surface area (Å²) in [7, 11) is 0. The fraction of sp³-hybridized carbons (Fsp3) is 0. The minimum absolute atomic E-state index is 0.139. The summed E-state index contributed by atoms with van der Waals surface area (Å²) < 4.78 is 0. The fourth-order valence-electron chi connectivity index (χ4n) is 3.25. The first-order chi connectivity index (χ1) is 13.8. The second-order valence-corrected chi connectivity index (χ2v) is 6.44. The van der Waals surface area contributed by atoms with Gasteiger partial charge in [-0.05, 0) is 59.7 Å². The number of nitrogens with one attached hydrogen (secondary N) is 2. The minimum atomic E-state index is -0.139. The molecule has 0 spiro atoms. The number of rotatable bonds is 3. The highest BCUT2D eigenvalue weighted by molar-refractivity contribution is 6.34. The number of carbonyl (C=O) groups excluding carboxylic acids is 1. The molecule has 1 aromatic carbocycles. The van der Waals surface area contributed by atoms with E-state index in [1.54, 1.807) is 18.6 Å². The van der Waals surface area contributed by atoms with E-state index in [0.29, 0.717) is 11.4 Å². The van der Waals surface area contributed by atoms with Gasteiger partial charge in [-0.25, -0.2) is 4.98 Å². The SMILES string of the molecule is O=C1Nc2ncccc2C1=Cc1ccc2c(C=Cc3ccncc3)n[nH]c2c1. The van der Waals surface area contributed by atoms with E-state index < -0.39 is 0 Å². The van der Waals surface area contributed by atoms with Crippen LogP contribution in [-0.2, 0) is 4.79 Å². The summed E-state index contributed by atoms with van der Waals surface area (Å²) in [5.74, 6) is 0.462. The Kier molecular flexibility index (Phi) is 3.80. The summed E-state index contributed by atoms with van der Waals surface area (Å²) >= 11 is 0. The van der Waals surface area contributed by atoms with Crippen molar-refractivity contribution in [2.75, 3.05) is 5.32 Å². The van der Waals surface area contributed by atoms with Gasteiger partial charge in [-0.3, -0.25) is 14.9 Å². The Bertz CT molecular complexity index is 1250. The molecule has 0 atom stereocenters. The highest BCUT2D eigenvalue weighted by atomic mass is 16.2. The maximum Gasteiger partial charge on any atom is 0.257 e. The number of hydrogen-bond acceptors (Lipinski definition) is 4. The molecule has 4 aromatic rings. The van der Waals surface area contributed by atoms with Crippen molar-refractivity contribution in [1.29, 1.82) is 0 Å². The minimum Gasteiger partial charge on any atom is -0.306 e. The zero-order valence-corrected chi connectivity index (χ0v) is 14.8. The standard InChI is InChI=1S/C22H15N5O/c28-22-18(16-2-1-9-24-21(16)25-22)12-15-3-5-17-19(26-27-20(17)13-15)6-4-14-7-10-23-11-8-14/h1-13H,(H,26,27)(H,24,25,28). The molecule has 0 radical (unpaired) electrons. The summed E-state index contributed by atoms with van der Waals surface area (Å²) in [5.41, 5.74) is 5.18. The van der Waals surface area contributed by atoms with Crippen molar-refractivity contribution in [3.05, 3.63) is 83.4 Å². The monoisotopic (exact) mass is 365 g/mol. The zero-order chi connectivity index (χ0) is 18.9. The summed E-state index contributed by atoms with van der Waals surface area (Å²) in [5, 5.41) is 11.3. The molecule has 2 N–H and O–H groups in total. The third-order valence-corrected chi connectivity index (χ3v) is 4.64. The highest BCUT2D eigenvalue weighted by Gasteiger charge is 2.24. The van der Waals surface area contributed by atoms with Crippen molar-refractivity contribution in [3.8, 4) is 0 Å². The van der Waals surface area contributed by atoms with E-state index >= 15 is 0 Å². The van der Waals surface area contributed by atoms with Crippen LogP contribution in [0.15, 0.2) is 61.1 Å². The summed E-state index contributed by atoms with van der Waals surface area (Å²) in [4.78, 5) is 20.5. The third kappa shape index (κ3) is 2.87. The molecule has 6 heteroatoms. The molecule has 0 aliphatic carbocycles. The van der Waals surface area contributed by atoms with Crippen molar-refractivity contribution in [2.45, 2.75) is 0 Å². The average Bonchev–Trinajstić information content (AvgIpc) is 3.28. The topological polar surface area (TPSA) is 83.6 Å². The van der Waals surface area contributed by atoms with Crippen LogP contribution < -0.4 is 5.32 Å². The van der Waals surface area contributed by atoms with E-state index in [-0.39, 0.29) is 5.91 Å². The number of aromatic amines is 1. The van der Waals surface area contributed by atoms with Crippen LogP contribution in [0, 0.1) is 0 Å². The Labute approximate surface area is 160 Å². The second kappa shape index (κ2) is 6.59. The lowest BCUT2D eigenvalue weighted by molar-refractivity contribution is -0.110. The lowest BCUT2D eigenvalue weighted by atomic mass is 10.0. The Morgan fingerprint density at radius 3 is 2.71 bits per heavy atom. The lowest BCUT2D eigenvalue weighted by Gasteiger charge is -1.99. The van der Waals surface area contributed by atoms with Gasteiger partial charge in [-0.15, -0.1) is 0 Å². The number of carbonyl (C=O) groups is 1. The quantitative estimate of drug-likeness (QED) is 0.537. The van der Waals surface area contributed by atoms with Crippen LogP contribution in [0.5, 0.6) is 0 Å². The van der Waals surface area contributed by atoms with Gasteiger partial charge in [0.05, 0.1) is 16.8 Å². The number of aromatic nitrogens is 4. The first-order valence-electron chi connectivity index (χ1n) is 8.82. The van der Waals surface area contributed by atoms with Gasteiger partial charge in [0.25, 0.3) is 5.91 Å². The van der Waals surface area contributed by atoms with Crippen molar-refractivity contribution in [2.24, 2.45) is 0 Å². The van der Waals surface area contributed by atoms with Crippen LogP contribution >= 0.6 is 0 Å². The van der Waals surface area contributed by atoms with Gasteiger partial charge in [0.15, 0.2) is 0 Å². The lowest BCUT2D eigenvalue weighted by Crippen LogP contribution is -2.04. The number of amides is 1. The van der Waals surface area contributed by atoms with Crippen LogP contribution in [0.4, 0.5) is 5.82 Å². The largest absolute Gasteiger partial charge is 0.306 e. The molecular formula is C22H15N5O. The second-order valence-electron chi connectivity index (χ2n) is 6.44. The Balaban J connectivity index is 1.49. The number of hydrogen-bond donors (Lipinski definition) is 2. The normalized spacial score (nSPS) is 14.7. The molecule has 0 unspecified atom stereocenters. The van der Waals surface area contributed by atoms with Gasteiger partial charge in [0.1, 0.15) is 5.82 Å². The summed E-state index contributed by atoms with van der Waals surface area (Å²) in [6.07, 6.45) is 11.0. The maximum atomic E-state index is 12.3. The third-order valence-electron chi connectivity index (χ3n) is 4.64. The number of H-pyrrole nitrogens is 1. The van der Waals surface area contributed by atoms with E-state index in [1.807, 2.05) is 60.7 Å². The highest BCUT2D eigenvalue weighted by Crippen LogP contribution is 2.31. The molecule has 1 aliphatic rings. The molecule has 0 saturated carbocycles. The predicted molar refractivity (Wildman–Crippen MR) is 110 cm³/mol. The Morgan fingerprint density at radius 2 is 1.82 bits per heavy atom. The average molecular weight is 365 g/mol. The Hall–Kier alpha value is -4.06. The van der Waals surface area contributed by atoms with E-state index in [0.717, 1.165) is 33.3 Å². The first-order valence-corrected chi connectivity index (χ1v) is 8.82. The summed E-state index contributed by atoms with van der Waals surface area (Å²) in [6, 6.07) is 13.6. The molecule has 0 bridgehead atoms. The molecule has 0 fully saturated rings. The van der Waals surface area contributed by atoms with Crippen molar-refractivity contribution in [1.82, 2.24) is 20.2 Å². The maximum absolute atomic E-state index is 12.3. The van der Waals surface area contributed by atoms with Crippen molar-refractivity contribution in [3.63, 3.8) is 0 Å². The van der Waals surface area contributed by atoms with E-state index in [4.69, 9.17) is 0 Å². The molecule has 28 heavy (non-hydrogen) atoms. The molecular weight excluding hydrogens is 350 g/mol. The predicted octanol–water partition coefficient (Wildman–Crippen LogP) is 4.02. The number of pyridine rings is 2. The fourth-order valence-corrected chi connectivity index (χ4v) is 3.25. The van der Waals surface area contributed by atoms with Crippen LogP contribution in [0.2, 0.25) is 0 Å². The number of fused-ring (bicyclic) bond motifs is 2. The van der Waals surface area contributed by atoms with Gasteiger partial charge in [0.2, 0.25) is 0 Å². The van der Waals surface area contributed by atoms with Crippen molar-refractivity contribution >= 4 is 46.4 Å². The van der Waals surface area contributed by atoms with Gasteiger partial charge in [0, 0.05) is 29.5 Å². The molecule has 134 valence electrons. The van der Waals surface area contributed by atoms with Crippen LogP contribution in [0.25, 0.3) is 34.7 Å². The first kappa shape index (κ1) is 16.1. The molecule has 1 amide bonds. The number of nitrogens with zero attached hydrogens (tertiary/aromatic N) is 3. The molecule has 3 aromatic heterocycles. The number of anilines is 1. The van der Waals surface area contributed by atoms with Gasteiger partial charge in [-0.2, -0.15) is 5.10 Å². The summed E-state index contributed by atoms with van der Waals surface area (Å²) in [6.45, 7) is 0. The molecule has 4 heterocycles. The zero-order valence-electron chi connectivity index (χ0n) is 14.8. The van der Waals surface area contributed by atoms with E-state index in [2.05, 4.69) is 25.5 Å². The van der Waals surface area contributed by atoms with Crippen LogP contribution in [0.3, 0.4) is 0 Å². The van der Waals surface area contributed by atoms with E-state index in [9.17, 15) is 4.79 Å². The number of benzene rings is 1. The molecule has 0 saturated heterocycles. The van der Waals surface area contributed by atoms with Gasteiger partial charge in [-0.1, -0.05) is 12.1 Å². The van der Waals surface area contributed by atoms with Gasteiger partial charge >= 0.3 is 0 Å². The van der Waals surface area contributed by atoms with Gasteiger partial charge < -0.3 is 5.32 Å². The molecule has 1 aliphatic heterocycles. The molecule has 5 rings (SSSR count). The Morgan fingerprint density at radius 1 is 0.929 bits per heavy atom. The van der Waals surface area contributed by atoms with Crippen molar-refractivity contribution < 1.29 is 4.79 Å². The van der Waals surface area contributed by atoms with Crippen LogP contribution in [-0.4, -0.2) is 26.1 Å².